The quantitative estimate of drug-likeness (QED) is 0.727. The topological polar surface area (TPSA) is 87.7 Å². The first-order valence-corrected chi connectivity index (χ1v) is 7.44. The highest BCUT2D eigenvalue weighted by Crippen LogP contribution is 2.16. The molecule has 0 atom stereocenters. The van der Waals surface area contributed by atoms with Gasteiger partial charge in [-0.3, -0.25) is 19.8 Å². The van der Waals surface area contributed by atoms with Gasteiger partial charge in [-0.15, -0.1) is 0 Å². The second-order valence-corrected chi connectivity index (χ2v) is 5.13. The van der Waals surface area contributed by atoms with Crippen LogP contribution in [0.15, 0.2) is 24.3 Å². The second kappa shape index (κ2) is 9.81. The summed E-state index contributed by atoms with van der Waals surface area (Å²) in [4.78, 5) is 36.3. The predicted octanol–water partition coefficient (Wildman–Crippen LogP) is 1.16. The fraction of sp³-hybridized carbons (Fsp3) is 0.400. The maximum atomic E-state index is 11.9. The van der Waals surface area contributed by atoms with Crippen molar-refractivity contribution < 1.29 is 19.1 Å². The number of ether oxygens (including phenoxy) is 1. The van der Waals surface area contributed by atoms with Crippen LogP contribution in [-0.4, -0.2) is 49.6 Å². The third kappa shape index (κ3) is 7.12. The molecule has 23 heavy (non-hydrogen) atoms. The standard InChI is InChI=1S/C15H20ClN3O4/c1-3-17-15(22)18-13(20)9-19(10-14(21)23-2)8-11-6-4-5-7-12(11)16/h4-7H,3,8-10H2,1-2H3,(H2,17,18,20,22). The summed E-state index contributed by atoms with van der Waals surface area (Å²) in [5, 5.41) is 5.18. The van der Waals surface area contributed by atoms with E-state index in [2.05, 4.69) is 15.4 Å². The van der Waals surface area contributed by atoms with Crippen molar-refractivity contribution in [1.29, 1.82) is 0 Å². The highest BCUT2D eigenvalue weighted by atomic mass is 35.5. The van der Waals surface area contributed by atoms with E-state index in [0.29, 0.717) is 11.6 Å². The molecule has 0 fully saturated rings. The molecule has 0 aliphatic heterocycles. The number of halogens is 1. The van der Waals surface area contributed by atoms with Gasteiger partial charge in [0, 0.05) is 18.1 Å². The summed E-state index contributed by atoms with van der Waals surface area (Å²) in [7, 11) is 1.27. The largest absolute Gasteiger partial charge is 0.468 e. The average molecular weight is 342 g/mol. The Hall–Kier alpha value is -2.12. The van der Waals surface area contributed by atoms with Gasteiger partial charge in [0.1, 0.15) is 0 Å². The molecule has 1 aromatic rings. The number of hydrogen-bond donors (Lipinski definition) is 2. The summed E-state index contributed by atoms with van der Waals surface area (Å²) in [5.74, 6) is -1.00. The third-order valence-corrected chi connectivity index (χ3v) is 3.26. The van der Waals surface area contributed by atoms with Crippen LogP contribution < -0.4 is 10.6 Å². The van der Waals surface area contributed by atoms with Crippen LogP contribution in [0.2, 0.25) is 5.02 Å². The van der Waals surface area contributed by atoms with Crippen molar-refractivity contribution in [3.8, 4) is 0 Å². The number of hydrogen-bond acceptors (Lipinski definition) is 5. The zero-order valence-corrected chi connectivity index (χ0v) is 13.9. The molecule has 0 saturated heterocycles. The molecule has 1 aromatic carbocycles. The summed E-state index contributed by atoms with van der Waals surface area (Å²) in [5.41, 5.74) is 0.767. The van der Waals surface area contributed by atoms with Gasteiger partial charge in [-0.2, -0.15) is 0 Å². The van der Waals surface area contributed by atoms with Crippen LogP contribution in [-0.2, 0) is 20.9 Å². The zero-order chi connectivity index (χ0) is 17.2. The normalized spacial score (nSPS) is 10.3. The Kier molecular flexibility index (Phi) is 8.07. The molecule has 0 radical (unpaired) electrons. The second-order valence-electron chi connectivity index (χ2n) is 4.72. The number of rotatable bonds is 7. The summed E-state index contributed by atoms with van der Waals surface area (Å²) in [6, 6.07) is 6.55. The number of esters is 1. The maximum absolute atomic E-state index is 11.9. The molecule has 8 heteroatoms. The molecule has 3 amide bonds. The zero-order valence-electron chi connectivity index (χ0n) is 13.1. The molecule has 0 spiro atoms. The summed E-state index contributed by atoms with van der Waals surface area (Å²) < 4.78 is 4.63. The van der Waals surface area contributed by atoms with E-state index >= 15 is 0 Å². The van der Waals surface area contributed by atoms with Crippen molar-refractivity contribution in [2.45, 2.75) is 13.5 Å². The van der Waals surface area contributed by atoms with Crippen LogP contribution in [0.4, 0.5) is 4.79 Å². The van der Waals surface area contributed by atoms with Crippen LogP contribution in [0.3, 0.4) is 0 Å². The predicted molar refractivity (Wildman–Crippen MR) is 86.0 cm³/mol. The van der Waals surface area contributed by atoms with Crippen molar-refractivity contribution >= 4 is 29.5 Å². The third-order valence-electron chi connectivity index (χ3n) is 2.89. The van der Waals surface area contributed by atoms with Gasteiger partial charge in [-0.1, -0.05) is 29.8 Å². The molecule has 1 rings (SSSR count). The number of carbonyl (C=O) groups is 3. The number of nitrogens with one attached hydrogen (secondary N) is 2. The Morgan fingerprint density at radius 3 is 2.52 bits per heavy atom. The molecule has 2 N–H and O–H groups in total. The molecule has 7 nitrogen and oxygen atoms in total. The SMILES string of the molecule is CCNC(=O)NC(=O)CN(CC(=O)OC)Cc1ccccc1Cl. The maximum Gasteiger partial charge on any atom is 0.321 e. The lowest BCUT2D eigenvalue weighted by molar-refractivity contribution is -0.142. The van der Waals surface area contributed by atoms with E-state index in [4.69, 9.17) is 11.6 Å². The van der Waals surface area contributed by atoms with Crippen LogP contribution in [0, 0.1) is 0 Å². The summed E-state index contributed by atoms with van der Waals surface area (Å²) in [6.07, 6.45) is 0. The Balaban J connectivity index is 2.72. The van der Waals surface area contributed by atoms with Gasteiger partial charge >= 0.3 is 12.0 Å². The highest BCUT2D eigenvalue weighted by molar-refractivity contribution is 6.31. The molecule has 0 bridgehead atoms. The number of methoxy groups -OCH3 is 1. The molecular weight excluding hydrogens is 322 g/mol. The van der Waals surface area contributed by atoms with E-state index in [0.717, 1.165) is 5.56 Å². The molecule has 0 aromatic heterocycles. The van der Waals surface area contributed by atoms with Gasteiger partial charge in [0.2, 0.25) is 5.91 Å². The molecule has 0 saturated carbocycles. The monoisotopic (exact) mass is 341 g/mol. The Labute approximate surface area is 139 Å². The number of urea groups is 1. The van der Waals surface area contributed by atoms with Gasteiger partial charge < -0.3 is 10.1 Å². The van der Waals surface area contributed by atoms with E-state index in [-0.39, 0.29) is 19.6 Å². The molecule has 0 unspecified atom stereocenters. The molecule has 126 valence electrons. The first-order chi connectivity index (χ1) is 11.0. The van der Waals surface area contributed by atoms with Crippen molar-refractivity contribution in [3.63, 3.8) is 0 Å². The van der Waals surface area contributed by atoms with Crippen molar-refractivity contribution in [2.24, 2.45) is 0 Å². The van der Waals surface area contributed by atoms with Crippen LogP contribution in [0.25, 0.3) is 0 Å². The van der Waals surface area contributed by atoms with Crippen LogP contribution in [0.1, 0.15) is 12.5 Å². The van der Waals surface area contributed by atoms with E-state index in [1.54, 1.807) is 30.0 Å². The lowest BCUT2D eigenvalue weighted by Crippen LogP contribution is -2.45. The van der Waals surface area contributed by atoms with E-state index < -0.39 is 17.9 Å². The summed E-state index contributed by atoms with van der Waals surface area (Å²) >= 11 is 6.09. The average Bonchev–Trinajstić information content (AvgIpc) is 2.49. The van der Waals surface area contributed by atoms with Crippen molar-refractivity contribution in [3.05, 3.63) is 34.9 Å². The van der Waals surface area contributed by atoms with Gasteiger partial charge in [0.25, 0.3) is 0 Å². The minimum atomic E-state index is -0.576. The van der Waals surface area contributed by atoms with Crippen LogP contribution in [0.5, 0.6) is 0 Å². The lowest BCUT2D eigenvalue weighted by atomic mass is 10.2. The Bertz CT molecular complexity index is 565. The van der Waals surface area contributed by atoms with Crippen molar-refractivity contribution in [2.75, 3.05) is 26.7 Å². The van der Waals surface area contributed by atoms with Gasteiger partial charge in [0.05, 0.1) is 20.2 Å². The van der Waals surface area contributed by atoms with E-state index in [1.165, 1.54) is 7.11 Å². The minimum absolute atomic E-state index is 0.0927. The highest BCUT2D eigenvalue weighted by Gasteiger charge is 2.17. The van der Waals surface area contributed by atoms with E-state index in [9.17, 15) is 14.4 Å². The minimum Gasteiger partial charge on any atom is -0.468 e. The Morgan fingerprint density at radius 1 is 1.22 bits per heavy atom. The fourth-order valence-corrected chi connectivity index (χ4v) is 2.05. The number of nitrogens with zero attached hydrogens (tertiary/aromatic N) is 1. The molecule has 0 aliphatic carbocycles. The van der Waals surface area contributed by atoms with Crippen LogP contribution >= 0.6 is 11.6 Å². The smallest absolute Gasteiger partial charge is 0.321 e. The number of carbonyl (C=O) groups excluding carboxylic acids is 3. The number of benzene rings is 1. The molecular formula is C15H20ClN3O4. The number of imide groups is 1. The Morgan fingerprint density at radius 2 is 1.91 bits per heavy atom. The first kappa shape index (κ1) is 18.9. The van der Waals surface area contributed by atoms with Gasteiger partial charge in [-0.25, -0.2) is 4.79 Å². The fourth-order valence-electron chi connectivity index (χ4n) is 1.86. The first-order valence-electron chi connectivity index (χ1n) is 7.06. The van der Waals surface area contributed by atoms with Gasteiger partial charge in [0.15, 0.2) is 0 Å². The molecule has 0 heterocycles. The summed E-state index contributed by atoms with van der Waals surface area (Å²) in [6.45, 7) is 2.19. The van der Waals surface area contributed by atoms with Gasteiger partial charge in [-0.05, 0) is 18.6 Å². The van der Waals surface area contributed by atoms with Crippen molar-refractivity contribution in [1.82, 2.24) is 15.5 Å². The molecule has 0 aliphatic rings. The lowest BCUT2D eigenvalue weighted by Gasteiger charge is -2.21. The number of amides is 3. The van der Waals surface area contributed by atoms with E-state index in [1.807, 2.05) is 6.07 Å².